The monoisotopic (exact) mass is 1720 g/mol. The van der Waals surface area contributed by atoms with E-state index in [-0.39, 0.29) is 91.6 Å². The highest BCUT2D eigenvalue weighted by Crippen LogP contribution is 2.52. The van der Waals surface area contributed by atoms with Crippen LogP contribution in [0.2, 0.25) is 0 Å². The second-order valence-electron chi connectivity index (χ2n) is 34.8. The van der Waals surface area contributed by atoms with Crippen molar-refractivity contribution in [1.82, 2.24) is 0 Å². The quantitative estimate of drug-likeness (QED) is 0.139. The third-order valence-corrected chi connectivity index (χ3v) is 25.5. The number of anilines is 13. The lowest BCUT2D eigenvalue weighted by Gasteiger charge is -2.33. The van der Waals surface area contributed by atoms with Gasteiger partial charge in [-0.2, -0.15) is 0 Å². The molecular formula is C106H110N8O14. The molecule has 10 aromatic carbocycles. The highest BCUT2D eigenvalue weighted by atomic mass is 16.6. The lowest BCUT2D eigenvalue weighted by molar-refractivity contribution is -0.127. The molecule has 22 heteroatoms. The lowest BCUT2D eigenvalue weighted by atomic mass is 9.83. The summed E-state index contributed by atoms with van der Waals surface area (Å²) in [6.07, 6.45) is 11.4. The minimum atomic E-state index is -0.274. The molecule has 0 bridgehead atoms. The number of aryl methyl sites for hydroxylation is 7. The molecule has 10 aliphatic rings. The molecule has 0 aromatic heterocycles. The van der Waals surface area contributed by atoms with Gasteiger partial charge in [-0.05, 0) is 287 Å². The summed E-state index contributed by atoms with van der Waals surface area (Å²) in [5.41, 5.74) is 26.4. The predicted molar refractivity (Wildman–Crippen MR) is 500 cm³/mol. The molecule has 7 aliphatic heterocycles. The molecule has 2 atom stereocenters. The summed E-state index contributed by atoms with van der Waals surface area (Å²) in [5.74, 6) is 2.32. The van der Waals surface area contributed by atoms with Gasteiger partial charge in [0, 0.05) is 72.7 Å². The average molecular weight is 1720 g/mol. The predicted octanol–water partition coefficient (Wildman–Crippen LogP) is 19.1. The molecule has 7 heterocycles. The number of ketones is 2. The number of aliphatic hydroxyl groups is 1. The normalized spacial score (nSPS) is 18.0. The van der Waals surface area contributed by atoms with Gasteiger partial charge in [-0.1, -0.05) is 99.3 Å². The van der Waals surface area contributed by atoms with E-state index in [1.165, 1.54) is 57.5 Å². The Labute approximate surface area is 748 Å². The van der Waals surface area contributed by atoms with E-state index in [0.717, 1.165) is 153 Å². The van der Waals surface area contributed by atoms with Crippen molar-refractivity contribution in [3.8, 4) is 23.0 Å². The molecule has 20 rings (SSSR count). The Bertz CT molecular complexity index is 5950. The first kappa shape index (κ1) is 88.0. The van der Waals surface area contributed by atoms with Gasteiger partial charge in [0.25, 0.3) is 0 Å². The van der Waals surface area contributed by atoms with Gasteiger partial charge in [0.15, 0.2) is 23.0 Å². The molecule has 22 nitrogen and oxygen atoms in total. The van der Waals surface area contributed by atoms with Crippen LogP contribution >= 0.6 is 0 Å². The fourth-order valence-electron chi connectivity index (χ4n) is 19.4. The average Bonchev–Trinajstić information content (AvgIpc) is 1.56. The fourth-order valence-corrected chi connectivity index (χ4v) is 19.4. The molecule has 0 spiro atoms. The number of rotatable bonds is 8. The van der Waals surface area contributed by atoms with Gasteiger partial charge in [0.2, 0.25) is 41.4 Å². The largest absolute Gasteiger partial charge is 0.486 e. The first-order valence-corrected chi connectivity index (χ1v) is 44.8. The van der Waals surface area contributed by atoms with Gasteiger partial charge in [-0.3, -0.25) is 67.7 Å². The summed E-state index contributed by atoms with van der Waals surface area (Å²) in [6, 6.07) is 58.7. The van der Waals surface area contributed by atoms with Crippen molar-refractivity contribution in [2.75, 3.05) is 85.8 Å². The molecule has 10 aromatic rings. The zero-order valence-corrected chi connectivity index (χ0v) is 74.5. The van der Waals surface area contributed by atoms with Crippen LogP contribution in [0.4, 0.5) is 73.9 Å². The lowest BCUT2D eigenvalue weighted by Crippen LogP contribution is -2.32. The van der Waals surface area contributed by atoms with Gasteiger partial charge in [0.05, 0.1) is 65.7 Å². The number of aliphatic hydroxyl groups excluding tert-OH is 1. The molecule has 128 heavy (non-hydrogen) atoms. The standard InChI is InChI=1S/C24H28N2O2.C23H26N2O2.C21H21NO2.C19H18N2O4.C19H17NO4/c1-4-25-17(3)14-23(28)26(20-10-6-18(15-27)7-11-20)22-12-9-19-8-5-16(2)13-21(19)24(22)25;1-4-24-21(26)14-22(27)25(18-7-5-6-15(2)12-18)20-11-10-17-9-8-16(3)13-19(17)23(20)24;1-14-5-4-7-16(11-14)22-20-10-9-15-6-2-3-8-18(15)19(20)12-17(23)13-21(22)24;1-12-4-3-5-13(10-12)21-14-6-7-15-19(25-9-8-24-15)18(14)20(2)16(22)11-17(21)23;1-12-3-2-4-13(9-12)20-16-5-6-17-19(24-8-7-23-17)15(16)10-14(21)11-18(20)22/h6-7,9-12,16,27H,3-5,8,13-15H2,1-2H3;5-7,10-12,16H,4,8-9,13-14H2,1-3H3;4-5,7,9-11H,2-3,6,8,12-13H2,1H3;3-7,10H,8-9,11H2,1-2H3;2-6,9H,7-8,10-11H2,1H3. The minimum absolute atomic E-state index is 0.00334. The Morgan fingerprint density at radius 3 is 1.25 bits per heavy atom. The number of ether oxygens (including phenoxy) is 4. The Hall–Kier alpha value is -13.5. The van der Waals surface area contributed by atoms with E-state index in [4.69, 9.17) is 18.9 Å². The zero-order chi connectivity index (χ0) is 89.9. The number of benzene rings is 10. The minimum Gasteiger partial charge on any atom is -0.486 e. The number of hydrogen-bond acceptors (Lipinski definition) is 15. The smallest absolute Gasteiger partial charge is 0.241 e. The Balaban J connectivity index is 0.000000118. The number of hydrogen-bond donors (Lipinski definition) is 1. The second kappa shape index (κ2) is 38.0. The molecule has 0 saturated carbocycles. The number of fused-ring (bicyclic) bond motifs is 15. The van der Waals surface area contributed by atoms with Gasteiger partial charge in [-0.25, -0.2) is 0 Å². The van der Waals surface area contributed by atoms with Crippen molar-refractivity contribution in [3.05, 3.63) is 267 Å². The summed E-state index contributed by atoms with van der Waals surface area (Å²) in [7, 11) is 1.66. The molecule has 0 fully saturated rings. The topological polar surface area (TPSA) is 237 Å². The summed E-state index contributed by atoms with van der Waals surface area (Å²) in [5, 5.41) is 9.35. The van der Waals surface area contributed by atoms with E-state index >= 15 is 0 Å². The highest BCUT2D eigenvalue weighted by Gasteiger charge is 2.41. The first-order chi connectivity index (χ1) is 61.8. The molecule has 1 N–H and O–H groups in total. The van der Waals surface area contributed by atoms with E-state index in [1.54, 1.807) is 44.8 Å². The third-order valence-electron chi connectivity index (χ3n) is 25.5. The van der Waals surface area contributed by atoms with Crippen molar-refractivity contribution < 1.29 is 67.2 Å². The van der Waals surface area contributed by atoms with Crippen LogP contribution in [0.25, 0.3) is 0 Å². The number of nitrogens with zero attached hydrogens (tertiary/aromatic N) is 8. The Morgan fingerprint density at radius 2 is 0.750 bits per heavy atom. The van der Waals surface area contributed by atoms with Gasteiger partial charge < -0.3 is 38.8 Å². The van der Waals surface area contributed by atoms with Crippen LogP contribution in [0.3, 0.4) is 0 Å². The fraction of sp³-hybridized carbons (Fsp3) is 0.330. The maximum absolute atomic E-state index is 13.2. The van der Waals surface area contributed by atoms with E-state index < -0.39 is 0 Å². The van der Waals surface area contributed by atoms with Crippen molar-refractivity contribution >= 4 is 127 Å². The number of Topliss-reactive ketones (excluding diaryl/α,β-unsaturated/α-hetero) is 2. The number of carbonyl (C=O) groups excluding carboxylic acids is 9. The van der Waals surface area contributed by atoms with Crippen molar-refractivity contribution in [2.24, 2.45) is 11.8 Å². The highest BCUT2D eigenvalue weighted by molar-refractivity contribution is 6.21. The second-order valence-corrected chi connectivity index (χ2v) is 34.8. The summed E-state index contributed by atoms with van der Waals surface area (Å²) in [6.45, 7) is 24.1. The van der Waals surface area contributed by atoms with E-state index in [2.05, 4.69) is 56.5 Å². The molecule has 0 radical (unpaired) electrons. The molecule has 658 valence electrons. The van der Waals surface area contributed by atoms with Crippen LogP contribution < -0.4 is 58.1 Å². The molecule has 2 unspecified atom stereocenters. The van der Waals surface area contributed by atoms with Crippen molar-refractivity contribution in [1.29, 1.82) is 0 Å². The van der Waals surface area contributed by atoms with Crippen molar-refractivity contribution in [3.63, 3.8) is 0 Å². The van der Waals surface area contributed by atoms with E-state index in [1.807, 2.05) is 184 Å². The molecule has 0 saturated heterocycles. The van der Waals surface area contributed by atoms with Crippen LogP contribution in [0.1, 0.15) is 158 Å². The molecule has 7 amide bonds. The maximum Gasteiger partial charge on any atom is 0.241 e. The SMILES string of the molecule is C=C1CC(=O)N(c2ccc(CO)cc2)c2ccc3c(c2N1CC)CC(C)CC3.CCN1C(=O)CC(=O)N(c2cccc(C)c2)c2ccc3c(c21)CC(C)CC3.Cc1cccc(N2C(=O)CC(=O)Cc3c2ccc2c3CCCC2)c1.Cc1cccc(N2C(=O)CC(=O)Cc3c2ccc2c3OCCO2)c1.Cc1cccc(N2C(=O)CC(=O)N(C)c3c2ccc2c3OCCO2)c1. The van der Waals surface area contributed by atoms with Gasteiger partial charge in [0.1, 0.15) is 56.5 Å². The van der Waals surface area contributed by atoms with Gasteiger partial charge >= 0.3 is 0 Å². The summed E-state index contributed by atoms with van der Waals surface area (Å²) < 4.78 is 22.8. The maximum atomic E-state index is 13.2. The van der Waals surface area contributed by atoms with Crippen LogP contribution in [0, 0.1) is 39.5 Å². The number of carbonyl (C=O) groups is 9. The zero-order valence-electron chi connectivity index (χ0n) is 74.5. The summed E-state index contributed by atoms with van der Waals surface area (Å²) >= 11 is 0. The third kappa shape index (κ3) is 18.0. The van der Waals surface area contributed by atoms with E-state index in [9.17, 15) is 48.3 Å². The van der Waals surface area contributed by atoms with Crippen molar-refractivity contribution in [2.45, 2.75) is 171 Å². The van der Waals surface area contributed by atoms with Crippen LogP contribution in [-0.4, -0.2) is 105 Å². The Morgan fingerprint density at radius 1 is 0.359 bits per heavy atom. The first-order valence-electron chi connectivity index (χ1n) is 44.8. The molecular weight excluding hydrogens is 1610 g/mol. The van der Waals surface area contributed by atoms with Crippen LogP contribution in [0.15, 0.2) is 194 Å². The van der Waals surface area contributed by atoms with E-state index in [0.29, 0.717) is 97.7 Å². The van der Waals surface area contributed by atoms with Crippen LogP contribution in [-0.2, 0) is 101 Å². The summed E-state index contributed by atoms with van der Waals surface area (Å²) in [4.78, 5) is 129. The number of amides is 7. The Kier molecular flexibility index (Phi) is 26.1. The van der Waals surface area contributed by atoms with Crippen LogP contribution in [0.5, 0.6) is 23.0 Å². The molecule has 3 aliphatic carbocycles. The van der Waals surface area contributed by atoms with Gasteiger partial charge in [-0.15, -0.1) is 0 Å².